The Bertz CT molecular complexity index is 1080. The van der Waals surface area contributed by atoms with Crippen molar-refractivity contribution >= 4 is 33.8 Å². The Labute approximate surface area is 184 Å². The van der Waals surface area contributed by atoms with E-state index in [1.54, 1.807) is 12.1 Å². The molecule has 0 saturated carbocycles. The molecule has 0 radical (unpaired) electrons. The maximum atomic E-state index is 12.7. The molecule has 0 bridgehead atoms. The molecule has 2 aromatic carbocycles. The molecule has 9 heteroatoms. The number of nitro benzene ring substituents is 1. The van der Waals surface area contributed by atoms with E-state index in [0.717, 1.165) is 36.5 Å². The van der Waals surface area contributed by atoms with Crippen LogP contribution in [0.1, 0.15) is 40.7 Å². The van der Waals surface area contributed by atoms with E-state index in [9.17, 15) is 14.9 Å². The van der Waals surface area contributed by atoms with Gasteiger partial charge in [-0.05, 0) is 36.5 Å². The Morgan fingerprint density at radius 3 is 2.65 bits per heavy atom. The summed E-state index contributed by atoms with van der Waals surface area (Å²) in [5.41, 5.74) is 1.84. The number of carbonyl (C=O) groups is 1. The van der Waals surface area contributed by atoms with Gasteiger partial charge in [-0.3, -0.25) is 20.2 Å². The first-order valence-corrected chi connectivity index (χ1v) is 11.0. The van der Waals surface area contributed by atoms with Crippen LogP contribution in [0.3, 0.4) is 0 Å². The fourth-order valence-corrected chi connectivity index (χ4v) is 4.41. The molecule has 4 rings (SSSR count). The van der Waals surface area contributed by atoms with E-state index in [1.165, 1.54) is 17.4 Å². The zero-order chi connectivity index (χ0) is 21.8. The number of anilines is 2. The fraction of sp³-hybridized carbons (Fsp3) is 0.318. The lowest BCUT2D eigenvalue weighted by atomic mass is 9.98. The smallest absolute Gasteiger partial charge is 0.293 e. The lowest BCUT2D eigenvalue weighted by Gasteiger charge is -2.31. The van der Waals surface area contributed by atoms with Crippen LogP contribution < -0.4 is 10.2 Å². The van der Waals surface area contributed by atoms with E-state index in [0.29, 0.717) is 23.2 Å². The van der Waals surface area contributed by atoms with Gasteiger partial charge in [-0.2, -0.15) is 0 Å². The van der Waals surface area contributed by atoms with Gasteiger partial charge in [0.05, 0.1) is 4.92 Å². The Hall–Kier alpha value is -3.33. The first-order chi connectivity index (χ1) is 15.0. The first-order valence-electron chi connectivity index (χ1n) is 10.2. The van der Waals surface area contributed by atoms with Gasteiger partial charge in [0.15, 0.2) is 0 Å². The van der Waals surface area contributed by atoms with E-state index in [4.69, 9.17) is 0 Å². The van der Waals surface area contributed by atoms with Crippen molar-refractivity contribution in [3.8, 4) is 0 Å². The number of piperidine rings is 1. The molecule has 1 fully saturated rings. The van der Waals surface area contributed by atoms with Crippen molar-refractivity contribution in [1.29, 1.82) is 0 Å². The number of carbonyl (C=O) groups excluding carboxylic acids is 1. The van der Waals surface area contributed by atoms with Gasteiger partial charge in [0.2, 0.25) is 5.13 Å². The van der Waals surface area contributed by atoms with E-state index >= 15 is 0 Å². The minimum Gasteiger partial charge on any atom is -0.366 e. The van der Waals surface area contributed by atoms with Crippen molar-refractivity contribution in [2.24, 2.45) is 5.92 Å². The van der Waals surface area contributed by atoms with Gasteiger partial charge in [-0.25, -0.2) is 0 Å². The molecule has 1 saturated heterocycles. The van der Waals surface area contributed by atoms with Crippen LogP contribution in [0.15, 0.2) is 48.5 Å². The molecule has 0 unspecified atom stereocenters. The van der Waals surface area contributed by atoms with Gasteiger partial charge < -0.3 is 4.90 Å². The van der Waals surface area contributed by atoms with Gasteiger partial charge in [0.25, 0.3) is 11.6 Å². The largest absolute Gasteiger partial charge is 0.366 e. The summed E-state index contributed by atoms with van der Waals surface area (Å²) in [6, 6.07) is 14.5. The Morgan fingerprint density at radius 2 is 1.94 bits per heavy atom. The van der Waals surface area contributed by atoms with Gasteiger partial charge >= 0.3 is 0 Å². The normalized spacial score (nSPS) is 14.4. The minimum absolute atomic E-state index is 0.0516. The molecule has 1 aliphatic rings. The Morgan fingerprint density at radius 1 is 1.19 bits per heavy atom. The number of nitro groups is 1. The average molecular weight is 438 g/mol. The summed E-state index contributed by atoms with van der Waals surface area (Å²) in [6.45, 7) is 3.75. The number of hydrogen-bond donors (Lipinski definition) is 1. The second-order valence-electron chi connectivity index (χ2n) is 7.75. The third-order valence-electron chi connectivity index (χ3n) is 5.44. The third-order valence-corrected chi connectivity index (χ3v) is 6.28. The average Bonchev–Trinajstić information content (AvgIpc) is 3.21. The predicted octanol–water partition coefficient (Wildman–Crippen LogP) is 4.53. The van der Waals surface area contributed by atoms with E-state index in [-0.39, 0.29) is 11.3 Å². The van der Waals surface area contributed by atoms with Crippen molar-refractivity contribution in [1.82, 2.24) is 10.2 Å². The minimum atomic E-state index is -0.440. The fourth-order valence-electron chi connectivity index (χ4n) is 3.64. The second-order valence-corrected chi connectivity index (χ2v) is 8.81. The Kier molecular flexibility index (Phi) is 6.22. The topological polar surface area (TPSA) is 101 Å². The molecular weight excluding hydrogens is 414 g/mol. The molecular formula is C22H23N5O3S. The zero-order valence-corrected chi connectivity index (χ0v) is 18.0. The Balaban J connectivity index is 1.47. The SMILES string of the molecule is CC1CCN(c2ccc(C(=O)Nc3nnc(Cc4ccccc4)s3)cc2[N+](=O)[O-])CC1. The molecule has 1 aromatic heterocycles. The van der Waals surface area contributed by atoms with E-state index < -0.39 is 10.8 Å². The van der Waals surface area contributed by atoms with Gasteiger partial charge in [0.1, 0.15) is 10.7 Å². The lowest BCUT2D eigenvalue weighted by Crippen LogP contribution is -2.33. The summed E-state index contributed by atoms with van der Waals surface area (Å²) in [7, 11) is 0. The maximum Gasteiger partial charge on any atom is 0.293 e. The maximum absolute atomic E-state index is 12.7. The molecule has 2 heterocycles. The van der Waals surface area contributed by atoms with Gasteiger partial charge in [-0.15, -0.1) is 10.2 Å². The zero-order valence-electron chi connectivity index (χ0n) is 17.2. The van der Waals surface area contributed by atoms with Crippen LogP contribution >= 0.6 is 11.3 Å². The van der Waals surface area contributed by atoms with Crippen molar-refractivity contribution in [2.45, 2.75) is 26.2 Å². The molecule has 1 aliphatic heterocycles. The predicted molar refractivity (Wildman–Crippen MR) is 121 cm³/mol. The number of hydrogen-bond acceptors (Lipinski definition) is 7. The highest BCUT2D eigenvalue weighted by Crippen LogP contribution is 2.32. The van der Waals surface area contributed by atoms with Crippen molar-refractivity contribution < 1.29 is 9.72 Å². The number of nitrogens with zero attached hydrogens (tertiary/aromatic N) is 4. The summed E-state index contributed by atoms with van der Waals surface area (Å²) in [6.07, 6.45) is 2.63. The number of amides is 1. The summed E-state index contributed by atoms with van der Waals surface area (Å²) >= 11 is 1.29. The van der Waals surface area contributed by atoms with Crippen LogP contribution in [-0.2, 0) is 6.42 Å². The molecule has 0 atom stereocenters. The van der Waals surface area contributed by atoms with Crippen molar-refractivity contribution in [3.63, 3.8) is 0 Å². The highest BCUT2D eigenvalue weighted by atomic mass is 32.1. The van der Waals surface area contributed by atoms with Crippen LogP contribution in [0.2, 0.25) is 0 Å². The second kappa shape index (κ2) is 9.22. The highest BCUT2D eigenvalue weighted by Gasteiger charge is 2.25. The summed E-state index contributed by atoms with van der Waals surface area (Å²) in [5.74, 6) is 0.184. The van der Waals surface area contributed by atoms with E-state index in [2.05, 4.69) is 22.4 Å². The molecule has 3 aromatic rings. The molecule has 8 nitrogen and oxygen atoms in total. The lowest BCUT2D eigenvalue weighted by molar-refractivity contribution is -0.384. The van der Waals surface area contributed by atoms with Crippen LogP contribution in [0.5, 0.6) is 0 Å². The molecule has 31 heavy (non-hydrogen) atoms. The number of rotatable bonds is 6. The van der Waals surface area contributed by atoms with Crippen LogP contribution in [0.4, 0.5) is 16.5 Å². The molecule has 160 valence electrons. The quantitative estimate of drug-likeness (QED) is 0.449. The first kappa shape index (κ1) is 20.9. The van der Waals surface area contributed by atoms with Gasteiger partial charge in [0, 0.05) is 31.1 Å². The molecule has 1 amide bonds. The monoisotopic (exact) mass is 437 g/mol. The molecule has 1 N–H and O–H groups in total. The number of nitrogens with one attached hydrogen (secondary N) is 1. The molecule has 0 spiro atoms. The van der Waals surface area contributed by atoms with E-state index in [1.807, 2.05) is 35.2 Å². The van der Waals surface area contributed by atoms with Crippen molar-refractivity contribution in [3.05, 3.63) is 74.8 Å². The van der Waals surface area contributed by atoms with Crippen molar-refractivity contribution in [2.75, 3.05) is 23.3 Å². The number of aromatic nitrogens is 2. The van der Waals surface area contributed by atoms with Crippen LogP contribution in [-0.4, -0.2) is 34.1 Å². The third kappa shape index (κ3) is 5.05. The van der Waals surface area contributed by atoms with Crippen LogP contribution in [0.25, 0.3) is 0 Å². The standard InChI is InChI=1S/C22H23N5O3S/c1-15-9-11-26(12-10-15)18-8-7-17(14-19(18)27(29)30)21(28)23-22-25-24-20(31-22)13-16-5-3-2-4-6-16/h2-8,14-15H,9-13H2,1H3,(H,23,25,28). The van der Waals surface area contributed by atoms with Gasteiger partial charge in [-0.1, -0.05) is 48.6 Å². The van der Waals surface area contributed by atoms with Crippen LogP contribution in [0, 0.1) is 16.0 Å². The summed E-state index contributed by atoms with van der Waals surface area (Å²) < 4.78 is 0. The summed E-state index contributed by atoms with van der Waals surface area (Å²) in [4.78, 5) is 25.9. The summed E-state index contributed by atoms with van der Waals surface area (Å²) in [5, 5.41) is 23.7. The number of benzene rings is 2. The highest BCUT2D eigenvalue weighted by molar-refractivity contribution is 7.15. The molecule has 0 aliphatic carbocycles.